The van der Waals surface area contributed by atoms with Gasteiger partial charge in [0.05, 0.1) is 0 Å². The predicted octanol–water partition coefficient (Wildman–Crippen LogP) is 3.49. The van der Waals surface area contributed by atoms with Crippen molar-refractivity contribution in [3.8, 4) is 0 Å². The van der Waals surface area contributed by atoms with Crippen molar-refractivity contribution in [2.75, 3.05) is 0 Å². The molecule has 0 N–H and O–H groups in total. The van der Waals surface area contributed by atoms with E-state index >= 15 is 0 Å². The van der Waals surface area contributed by atoms with Gasteiger partial charge in [0.25, 0.3) is 11.9 Å². The molecule has 0 heterocycles. The molecule has 0 bridgehead atoms. The van der Waals surface area contributed by atoms with Crippen LogP contribution in [0, 0.1) is 0 Å². The third kappa shape index (κ3) is 9.32. The predicted molar refractivity (Wildman–Crippen MR) is 65.5 cm³/mol. The van der Waals surface area contributed by atoms with E-state index in [0.29, 0.717) is 0 Å². The van der Waals surface area contributed by atoms with Crippen molar-refractivity contribution in [1.29, 1.82) is 0 Å². The Kier molecular flexibility index (Phi) is 10.9. The number of unbranched alkanes of at least 4 members (excludes halogenated alkanes) is 6. The molecule has 0 aliphatic rings. The first-order valence-electron chi connectivity index (χ1n) is 6.20. The Balaban J connectivity index is 3.21. The van der Waals surface area contributed by atoms with E-state index in [1.807, 2.05) is 6.92 Å². The Morgan fingerprint density at radius 2 is 1.62 bits per heavy atom. The molecule has 0 unspecified atom stereocenters. The molecule has 0 aromatic carbocycles. The van der Waals surface area contributed by atoms with E-state index in [9.17, 15) is 0 Å². The standard InChI is InChI=1S/C12H22N4/c1-2-12(16-14)10-8-6-4-3-5-7-9-11-15-13/h11H,2-10H2,1H3. The van der Waals surface area contributed by atoms with Crippen LogP contribution >= 0.6 is 0 Å². The largest absolute Gasteiger partial charge is 0.362 e. The highest BCUT2D eigenvalue weighted by Crippen LogP contribution is 2.08. The molecule has 0 saturated carbocycles. The van der Waals surface area contributed by atoms with Crippen LogP contribution in [0.4, 0.5) is 0 Å². The van der Waals surface area contributed by atoms with Crippen molar-refractivity contribution >= 4 is 11.9 Å². The fraction of sp³-hybridized carbons (Fsp3) is 0.833. The van der Waals surface area contributed by atoms with E-state index in [0.717, 1.165) is 37.8 Å². The van der Waals surface area contributed by atoms with Crippen LogP contribution < -0.4 is 0 Å². The van der Waals surface area contributed by atoms with Gasteiger partial charge in [-0.15, -0.1) is 0 Å². The number of hydrogen-bond donors (Lipinski definition) is 0. The van der Waals surface area contributed by atoms with Crippen LogP contribution in [0.5, 0.6) is 0 Å². The van der Waals surface area contributed by atoms with Crippen LogP contribution in [0.15, 0.2) is 0 Å². The van der Waals surface area contributed by atoms with Crippen molar-refractivity contribution < 1.29 is 9.58 Å². The maximum Gasteiger partial charge on any atom is 0.268 e. The van der Waals surface area contributed by atoms with Crippen LogP contribution in [-0.4, -0.2) is 21.5 Å². The molecular weight excluding hydrogens is 200 g/mol. The van der Waals surface area contributed by atoms with Gasteiger partial charge in [-0.2, -0.15) is 9.58 Å². The lowest BCUT2D eigenvalue weighted by molar-refractivity contribution is -0.0112. The summed E-state index contributed by atoms with van der Waals surface area (Å²) in [7, 11) is 0. The smallest absolute Gasteiger partial charge is 0.268 e. The molecule has 0 atom stereocenters. The van der Waals surface area contributed by atoms with Crippen LogP contribution in [0.25, 0.3) is 11.1 Å². The van der Waals surface area contributed by atoms with E-state index in [1.54, 1.807) is 6.21 Å². The van der Waals surface area contributed by atoms with Crippen LogP contribution in [0.3, 0.4) is 0 Å². The minimum Gasteiger partial charge on any atom is -0.362 e. The topological polar surface area (TPSA) is 72.8 Å². The molecule has 4 heteroatoms. The summed E-state index contributed by atoms with van der Waals surface area (Å²) >= 11 is 0. The number of hydrogen-bond acceptors (Lipinski definition) is 0. The highest BCUT2D eigenvalue weighted by Gasteiger charge is 2.03. The van der Waals surface area contributed by atoms with Gasteiger partial charge in [-0.3, -0.25) is 0 Å². The average Bonchev–Trinajstić information content (AvgIpc) is 2.32. The minimum absolute atomic E-state index is 0.844. The van der Waals surface area contributed by atoms with E-state index in [-0.39, 0.29) is 0 Å². The highest BCUT2D eigenvalue weighted by atomic mass is 14.9. The van der Waals surface area contributed by atoms with Crippen molar-refractivity contribution in [3.63, 3.8) is 0 Å². The summed E-state index contributed by atoms with van der Waals surface area (Å²) in [5, 5.41) is 0. The van der Waals surface area contributed by atoms with Crippen molar-refractivity contribution in [1.82, 2.24) is 0 Å². The Morgan fingerprint density at radius 1 is 1.00 bits per heavy atom. The van der Waals surface area contributed by atoms with Crippen LogP contribution in [0.2, 0.25) is 0 Å². The maximum atomic E-state index is 8.60. The third-order valence-corrected chi connectivity index (χ3v) is 2.68. The average molecular weight is 222 g/mol. The second-order valence-corrected chi connectivity index (χ2v) is 3.98. The lowest BCUT2D eigenvalue weighted by Gasteiger charge is -1.98. The maximum absolute atomic E-state index is 8.60. The molecule has 0 aliphatic carbocycles. The van der Waals surface area contributed by atoms with Gasteiger partial charge in [0.15, 0.2) is 0 Å². The summed E-state index contributed by atoms with van der Waals surface area (Å²) in [6.45, 7) is 2.01. The first-order chi connectivity index (χ1) is 7.85. The van der Waals surface area contributed by atoms with Gasteiger partial charge in [-0.05, 0) is 12.8 Å². The van der Waals surface area contributed by atoms with Gasteiger partial charge in [0.2, 0.25) is 0 Å². The molecule has 0 spiro atoms. The molecule has 4 nitrogen and oxygen atoms in total. The van der Waals surface area contributed by atoms with Crippen LogP contribution in [-0.2, 0) is 0 Å². The van der Waals surface area contributed by atoms with Crippen molar-refractivity contribution in [3.05, 3.63) is 11.1 Å². The Morgan fingerprint density at radius 3 is 2.19 bits per heavy atom. The molecule has 0 aromatic rings. The molecule has 0 aliphatic heterocycles. The zero-order valence-electron chi connectivity index (χ0n) is 10.2. The fourth-order valence-corrected chi connectivity index (χ4v) is 1.63. The van der Waals surface area contributed by atoms with Gasteiger partial charge in [0.1, 0.15) is 0 Å². The van der Waals surface area contributed by atoms with Gasteiger partial charge in [0, 0.05) is 19.3 Å². The first-order valence-corrected chi connectivity index (χ1v) is 6.20. The minimum atomic E-state index is 0.844. The second kappa shape index (κ2) is 11.8. The summed E-state index contributed by atoms with van der Waals surface area (Å²) < 4.78 is 0. The second-order valence-electron chi connectivity index (χ2n) is 3.98. The molecule has 0 rings (SSSR count). The lowest BCUT2D eigenvalue weighted by Crippen LogP contribution is -1.96. The zero-order chi connectivity index (χ0) is 12.1. The van der Waals surface area contributed by atoms with E-state index in [4.69, 9.17) is 11.1 Å². The van der Waals surface area contributed by atoms with E-state index in [2.05, 4.69) is 9.58 Å². The first kappa shape index (κ1) is 14.8. The molecule has 0 saturated heterocycles. The molecule has 90 valence electrons. The summed E-state index contributed by atoms with van der Waals surface area (Å²) in [5.74, 6) is 0. The molecule has 0 fully saturated rings. The Hall–Kier alpha value is -1.24. The highest BCUT2D eigenvalue weighted by molar-refractivity contribution is 5.78. The SMILES string of the molecule is CCC(CCCCCCCCC=[N+]=[N-])=[N+]=[N-]. The van der Waals surface area contributed by atoms with Crippen molar-refractivity contribution in [2.45, 2.75) is 64.7 Å². The fourth-order valence-electron chi connectivity index (χ4n) is 1.63. The lowest BCUT2D eigenvalue weighted by atomic mass is 10.1. The quantitative estimate of drug-likeness (QED) is 0.235. The van der Waals surface area contributed by atoms with E-state index in [1.165, 1.54) is 25.7 Å². The number of nitrogens with zero attached hydrogens (tertiary/aromatic N) is 4. The Bertz CT molecular complexity index is 260. The van der Waals surface area contributed by atoms with Gasteiger partial charge in [-0.25, -0.2) is 0 Å². The summed E-state index contributed by atoms with van der Waals surface area (Å²) in [5.41, 5.74) is 17.7. The van der Waals surface area contributed by atoms with Crippen molar-refractivity contribution in [2.24, 2.45) is 0 Å². The molecular formula is C12H22N4. The molecule has 0 radical (unpaired) electrons. The molecule has 0 amide bonds. The van der Waals surface area contributed by atoms with Gasteiger partial charge < -0.3 is 11.1 Å². The summed E-state index contributed by atoms with van der Waals surface area (Å²) in [6, 6.07) is 0. The monoisotopic (exact) mass is 222 g/mol. The summed E-state index contributed by atoms with van der Waals surface area (Å²) in [4.78, 5) is 6.21. The van der Waals surface area contributed by atoms with E-state index < -0.39 is 0 Å². The zero-order valence-corrected chi connectivity index (χ0v) is 10.2. The van der Waals surface area contributed by atoms with Gasteiger partial charge >= 0.3 is 0 Å². The summed E-state index contributed by atoms with van der Waals surface area (Å²) in [6.07, 6.45) is 11.3. The number of rotatable bonds is 10. The van der Waals surface area contributed by atoms with Crippen LogP contribution in [0.1, 0.15) is 64.7 Å². The Labute approximate surface area is 97.9 Å². The normalized spacial score (nSPS) is 9.31. The third-order valence-electron chi connectivity index (χ3n) is 2.68. The molecule has 0 aromatic heterocycles. The van der Waals surface area contributed by atoms with Gasteiger partial charge in [-0.1, -0.05) is 32.6 Å². The molecule has 16 heavy (non-hydrogen) atoms.